The molecule has 5 nitrogen and oxygen atoms in total. The Morgan fingerprint density at radius 1 is 1.04 bits per heavy atom. The van der Waals surface area contributed by atoms with Crippen molar-refractivity contribution in [3.8, 4) is 6.07 Å². The van der Waals surface area contributed by atoms with Crippen molar-refractivity contribution in [3.63, 3.8) is 0 Å². The Morgan fingerprint density at radius 2 is 1.76 bits per heavy atom. The van der Waals surface area contributed by atoms with E-state index in [0.717, 1.165) is 11.5 Å². The van der Waals surface area contributed by atoms with Crippen LogP contribution in [0.4, 0.5) is 17.2 Å². The zero-order valence-corrected chi connectivity index (χ0v) is 13.7. The highest BCUT2D eigenvalue weighted by atomic mass is 16.1. The number of carbonyl (C=O) groups is 1. The van der Waals surface area contributed by atoms with Crippen molar-refractivity contribution in [3.05, 3.63) is 84.1 Å². The van der Waals surface area contributed by atoms with Crippen LogP contribution in [0.5, 0.6) is 0 Å². The molecular formula is C20H16N4O. The molecule has 0 aliphatic carbocycles. The first kappa shape index (κ1) is 16.2. The molecule has 0 aliphatic rings. The average molecular weight is 328 g/mol. The summed E-state index contributed by atoms with van der Waals surface area (Å²) < 4.78 is 0. The van der Waals surface area contributed by atoms with Crippen LogP contribution in [0.2, 0.25) is 0 Å². The fourth-order valence-electron chi connectivity index (χ4n) is 2.33. The molecule has 1 amide bonds. The smallest absolute Gasteiger partial charge is 0.257 e. The molecule has 122 valence electrons. The summed E-state index contributed by atoms with van der Waals surface area (Å²) in [4.78, 5) is 18.6. The van der Waals surface area contributed by atoms with E-state index in [1.54, 1.807) is 42.6 Å². The number of nitriles is 1. The van der Waals surface area contributed by atoms with Gasteiger partial charge >= 0.3 is 0 Å². The number of hydrogen-bond donors (Lipinski definition) is 1. The Bertz CT molecular complexity index is 897. The average Bonchev–Trinajstić information content (AvgIpc) is 2.69. The molecular weight excluding hydrogens is 312 g/mol. The summed E-state index contributed by atoms with van der Waals surface area (Å²) in [7, 11) is 1.92. The third kappa shape index (κ3) is 3.82. The molecule has 1 heterocycles. The number of carbonyl (C=O) groups excluding carboxylic acids is 1. The van der Waals surface area contributed by atoms with Gasteiger partial charge in [-0.2, -0.15) is 5.26 Å². The van der Waals surface area contributed by atoms with Gasteiger partial charge in [0, 0.05) is 24.6 Å². The number of nitrogens with zero attached hydrogens (tertiary/aromatic N) is 3. The molecule has 0 radical (unpaired) electrons. The van der Waals surface area contributed by atoms with Crippen LogP contribution >= 0.6 is 0 Å². The number of rotatable bonds is 4. The number of anilines is 3. The number of amides is 1. The maximum Gasteiger partial charge on any atom is 0.257 e. The second kappa shape index (κ2) is 7.28. The van der Waals surface area contributed by atoms with Crippen LogP contribution in [0.1, 0.15) is 15.9 Å². The number of hydrogen-bond acceptors (Lipinski definition) is 4. The predicted octanol–water partition coefficient (Wildman–Crippen LogP) is 3.97. The normalized spacial score (nSPS) is 9.92. The third-order valence-electron chi connectivity index (χ3n) is 3.77. The first-order chi connectivity index (χ1) is 12.2. The fourth-order valence-corrected chi connectivity index (χ4v) is 2.33. The Kier molecular flexibility index (Phi) is 4.72. The van der Waals surface area contributed by atoms with Gasteiger partial charge in [-0.15, -0.1) is 0 Å². The summed E-state index contributed by atoms with van der Waals surface area (Å²) in [5, 5.41) is 11.6. The van der Waals surface area contributed by atoms with Crippen molar-refractivity contribution in [1.29, 1.82) is 5.26 Å². The van der Waals surface area contributed by atoms with E-state index in [2.05, 4.69) is 10.3 Å². The van der Waals surface area contributed by atoms with Crippen LogP contribution in [0.15, 0.2) is 72.9 Å². The Hall–Kier alpha value is -3.65. The first-order valence-corrected chi connectivity index (χ1v) is 7.74. The van der Waals surface area contributed by atoms with Gasteiger partial charge in [0.2, 0.25) is 0 Å². The molecule has 0 spiro atoms. The topological polar surface area (TPSA) is 69.0 Å². The van der Waals surface area contributed by atoms with Gasteiger partial charge < -0.3 is 10.2 Å². The van der Waals surface area contributed by atoms with Gasteiger partial charge in [-0.3, -0.25) is 4.79 Å². The largest absolute Gasteiger partial charge is 0.329 e. The van der Waals surface area contributed by atoms with Gasteiger partial charge in [-0.25, -0.2) is 4.98 Å². The summed E-state index contributed by atoms with van der Waals surface area (Å²) in [6, 6.07) is 22.2. The highest BCUT2D eigenvalue weighted by molar-refractivity contribution is 6.04. The molecule has 0 fully saturated rings. The van der Waals surface area contributed by atoms with E-state index in [-0.39, 0.29) is 5.91 Å². The third-order valence-corrected chi connectivity index (χ3v) is 3.77. The monoisotopic (exact) mass is 328 g/mol. The molecule has 3 aromatic rings. The van der Waals surface area contributed by atoms with Crippen LogP contribution in [-0.2, 0) is 0 Å². The van der Waals surface area contributed by atoms with Crippen molar-refractivity contribution in [2.75, 3.05) is 17.3 Å². The summed E-state index contributed by atoms with van der Waals surface area (Å²) in [5.41, 5.74) is 2.67. The second-order valence-electron chi connectivity index (χ2n) is 5.44. The van der Waals surface area contributed by atoms with Crippen molar-refractivity contribution in [2.45, 2.75) is 0 Å². The minimum atomic E-state index is -0.244. The van der Waals surface area contributed by atoms with Crippen molar-refractivity contribution < 1.29 is 4.79 Å². The van der Waals surface area contributed by atoms with Crippen LogP contribution in [0.3, 0.4) is 0 Å². The molecule has 0 unspecified atom stereocenters. The zero-order valence-electron chi connectivity index (χ0n) is 13.7. The van der Waals surface area contributed by atoms with Gasteiger partial charge in [-0.05, 0) is 48.5 Å². The predicted molar refractivity (Wildman–Crippen MR) is 97.9 cm³/mol. The molecule has 1 aromatic heterocycles. The first-order valence-electron chi connectivity index (χ1n) is 7.74. The lowest BCUT2D eigenvalue weighted by Crippen LogP contribution is -2.14. The molecule has 0 atom stereocenters. The molecule has 2 aromatic carbocycles. The SMILES string of the molecule is CN(c1ccccc1)c1ccc(C(=O)Nc2ccc(C#N)cc2)cn1. The molecule has 0 aliphatic heterocycles. The molecule has 25 heavy (non-hydrogen) atoms. The molecule has 3 rings (SSSR count). The molecule has 0 saturated carbocycles. The molecule has 5 heteroatoms. The van der Waals surface area contributed by atoms with Gasteiger partial charge in [0.25, 0.3) is 5.91 Å². The maximum absolute atomic E-state index is 12.3. The van der Waals surface area contributed by atoms with E-state index in [4.69, 9.17) is 5.26 Å². The van der Waals surface area contributed by atoms with Crippen molar-refractivity contribution in [1.82, 2.24) is 4.98 Å². The number of benzene rings is 2. The van der Waals surface area contributed by atoms with Crippen LogP contribution in [0, 0.1) is 11.3 Å². The van der Waals surface area contributed by atoms with Gasteiger partial charge in [0.15, 0.2) is 0 Å². The number of nitrogens with one attached hydrogen (secondary N) is 1. The lowest BCUT2D eigenvalue weighted by atomic mass is 10.2. The minimum absolute atomic E-state index is 0.244. The molecule has 0 saturated heterocycles. The second-order valence-corrected chi connectivity index (χ2v) is 5.44. The summed E-state index contributed by atoms with van der Waals surface area (Å²) >= 11 is 0. The quantitative estimate of drug-likeness (QED) is 0.786. The van der Waals surface area contributed by atoms with Crippen LogP contribution < -0.4 is 10.2 Å². The number of aromatic nitrogens is 1. The zero-order chi connectivity index (χ0) is 17.6. The Labute approximate surface area is 146 Å². The Balaban J connectivity index is 1.71. The highest BCUT2D eigenvalue weighted by Gasteiger charge is 2.09. The van der Waals surface area contributed by atoms with Gasteiger partial charge in [0.1, 0.15) is 5.82 Å². The van der Waals surface area contributed by atoms with Crippen LogP contribution in [0.25, 0.3) is 0 Å². The van der Waals surface area contributed by atoms with Gasteiger partial charge in [-0.1, -0.05) is 18.2 Å². The van der Waals surface area contributed by atoms with Crippen molar-refractivity contribution >= 4 is 23.1 Å². The molecule has 0 bridgehead atoms. The Morgan fingerprint density at radius 3 is 2.36 bits per heavy atom. The fraction of sp³-hybridized carbons (Fsp3) is 0.0500. The van der Waals surface area contributed by atoms with E-state index in [0.29, 0.717) is 16.8 Å². The number of para-hydroxylation sites is 1. The van der Waals surface area contributed by atoms with E-state index in [9.17, 15) is 4.79 Å². The van der Waals surface area contributed by atoms with E-state index in [1.807, 2.05) is 48.3 Å². The van der Waals surface area contributed by atoms with E-state index < -0.39 is 0 Å². The minimum Gasteiger partial charge on any atom is -0.329 e. The summed E-state index contributed by atoms with van der Waals surface area (Å²) in [5.74, 6) is 0.507. The summed E-state index contributed by atoms with van der Waals surface area (Å²) in [6.07, 6.45) is 1.55. The maximum atomic E-state index is 12.3. The van der Waals surface area contributed by atoms with Gasteiger partial charge in [0.05, 0.1) is 17.2 Å². The standard InChI is InChI=1S/C20H16N4O/c1-24(18-5-3-2-4-6-18)19-12-9-16(14-22-19)20(25)23-17-10-7-15(13-21)8-11-17/h2-12,14H,1H3,(H,23,25). The highest BCUT2D eigenvalue weighted by Crippen LogP contribution is 2.21. The number of pyridine rings is 1. The van der Waals surface area contributed by atoms with E-state index >= 15 is 0 Å². The molecule has 1 N–H and O–H groups in total. The lowest BCUT2D eigenvalue weighted by molar-refractivity contribution is 0.102. The lowest BCUT2D eigenvalue weighted by Gasteiger charge is -2.18. The van der Waals surface area contributed by atoms with E-state index in [1.165, 1.54) is 0 Å². The summed E-state index contributed by atoms with van der Waals surface area (Å²) in [6.45, 7) is 0. The van der Waals surface area contributed by atoms with Crippen LogP contribution in [-0.4, -0.2) is 17.9 Å². The van der Waals surface area contributed by atoms with Crippen molar-refractivity contribution in [2.24, 2.45) is 0 Å².